The first-order chi connectivity index (χ1) is 7.52. The molecule has 2 aromatic heterocycles. The number of rotatable bonds is 2. The number of aromatic carboxylic acids is 1. The second-order valence-corrected chi connectivity index (χ2v) is 3.83. The molecule has 6 nitrogen and oxygen atoms in total. The minimum Gasteiger partial charge on any atom is -0.478 e. The monoisotopic (exact) mass is 221 g/mol. The van der Waals surface area contributed by atoms with Crippen LogP contribution in [0.15, 0.2) is 17.3 Å². The van der Waals surface area contributed by atoms with E-state index in [0.29, 0.717) is 11.1 Å². The highest BCUT2D eigenvalue weighted by Crippen LogP contribution is 2.23. The zero-order valence-electron chi connectivity index (χ0n) is 8.89. The third-order valence-corrected chi connectivity index (χ3v) is 2.43. The van der Waals surface area contributed by atoms with Gasteiger partial charge in [0.25, 0.3) is 5.56 Å². The predicted molar refractivity (Wildman–Crippen MR) is 56.9 cm³/mol. The Labute approximate surface area is 90.5 Å². The van der Waals surface area contributed by atoms with Crippen LogP contribution in [0.4, 0.5) is 0 Å². The molecule has 0 aliphatic heterocycles. The number of nitrogens with zero attached hydrogens (tertiary/aromatic N) is 2. The molecule has 0 bridgehead atoms. The molecule has 2 aromatic rings. The summed E-state index contributed by atoms with van der Waals surface area (Å²) in [5.41, 5.74) is 0.613. The number of H-pyrrole nitrogens is 1. The van der Waals surface area contributed by atoms with Gasteiger partial charge in [-0.3, -0.25) is 4.79 Å². The lowest BCUT2D eigenvalue weighted by Gasteiger charge is -2.03. The Morgan fingerprint density at radius 2 is 2.25 bits per heavy atom. The molecule has 16 heavy (non-hydrogen) atoms. The smallest absolute Gasteiger partial charge is 0.337 e. The molecule has 0 unspecified atom stereocenters. The van der Waals surface area contributed by atoms with Gasteiger partial charge in [-0.2, -0.15) is 5.10 Å². The second kappa shape index (κ2) is 3.48. The number of carbonyl (C=O) groups is 1. The van der Waals surface area contributed by atoms with Crippen LogP contribution >= 0.6 is 0 Å². The average molecular weight is 221 g/mol. The molecule has 0 aliphatic rings. The largest absolute Gasteiger partial charge is 0.478 e. The summed E-state index contributed by atoms with van der Waals surface area (Å²) in [4.78, 5) is 25.1. The van der Waals surface area contributed by atoms with Crippen molar-refractivity contribution < 1.29 is 9.90 Å². The first-order valence-electron chi connectivity index (χ1n) is 4.84. The highest BCUT2D eigenvalue weighted by Gasteiger charge is 2.21. The standard InChI is InChI=1S/C10H11N3O3/c1-5(2)7-6(10(15)16)3-13-8(7)9(14)11-4-12-13/h3-5H,1-2H3,(H,15,16)(H,11,12,14). The average Bonchev–Trinajstić information content (AvgIpc) is 2.58. The van der Waals surface area contributed by atoms with Gasteiger partial charge in [-0.25, -0.2) is 9.31 Å². The number of carboxylic acids is 1. The van der Waals surface area contributed by atoms with Crippen LogP contribution in [0.5, 0.6) is 0 Å². The number of aromatic nitrogens is 3. The fourth-order valence-electron chi connectivity index (χ4n) is 1.80. The Bertz CT molecular complexity index is 609. The Balaban J connectivity index is 2.94. The summed E-state index contributed by atoms with van der Waals surface area (Å²) in [7, 11) is 0. The van der Waals surface area contributed by atoms with E-state index < -0.39 is 5.97 Å². The molecule has 2 heterocycles. The predicted octanol–water partition coefficient (Wildman–Crippen LogP) is 0.844. The van der Waals surface area contributed by atoms with Crippen molar-refractivity contribution in [2.45, 2.75) is 19.8 Å². The van der Waals surface area contributed by atoms with E-state index in [0.717, 1.165) is 0 Å². The van der Waals surface area contributed by atoms with Gasteiger partial charge < -0.3 is 10.1 Å². The molecule has 0 atom stereocenters. The van der Waals surface area contributed by atoms with Crippen LogP contribution in [0.25, 0.3) is 5.52 Å². The minimum atomic E-state index is -1.05. The summed E-state index contributed by atoms with van der Waals surface area (Å²) in [6.45, 7) is 3.68. The van der Waals surface area contributed by atoms with Crippen molar-refractivity contribution in [2.24, 2.45) is 0 Å². The van der Waals surface area contributed by atoms with E-state index in [2.05, 4.69) is 10.1 Å². The fraction of sp³-hybridized carbons (Fsp3) is 0.300. The lowest BCUT2D eigenvalue weighted by atomic mass is 10.0. The van der Waals surface area contributed by atoms with Gasteiger partial charge in [0.1, 0.15) is 11.8 Å². The molecular weight excluding hydrogens is 210 g/mol. The molecule has 0 saturated carbocycles. The molecule has 0 aromatic carbocycles. The number of hydrogen-bond donors (Lipinski definition) is 2. The zero-order valence-corrected chi connectivity index (χ0v) is 8.89. The van der Waals surface area contributed by atoms with Crippen molar-refractivity contribution in [3.8, 4) is 0 Å². The van der Waals surface area contributed by atoms with Gasteiger partial charge in [-0.15, -0.1) is 0 Å². The van der Waals surface area contributed by atoms with E-state index in [1.165, 1.54) is 17.0 Å². The number of hydrogen-bond acceptors (Lipinski definition) is 3. The van der Waals surface area contributed by atoms with Crippen molar-refractivity contribution >= 4 is 11.5 Å². The van der Waals surface area contributed by atoms with Crippen LogP contribution in [0.3, 0.4) is 0 Å². The van der Waals surface area contributed by atoms with E-state index in [-0.39, 0.29) is 17.0 Å². The fourth-order valence-corrected chi connectivity index (χ4v) is 1.80. The molecule has 0 amide bonds. The zero-order chi connectivity index (χ0) is 11.9. The molecule has 0 spiro atoms. The molecule has 84 valence electrons. The van der Waals surface area contributed by atoms with Gasteiger partial charge in [0.2, 0.25) is 0 Å². The van der Waals surface area contributed by atoms with Crippen LogP contribution in [0, 0.1) is 0 Å². The van der Waals surface area contributed by atoms with Crippen molar-refractivity contribution in [1.82, 2.24) is 14.6 Å². The molecule has 0 aliphatic carbocycles. The number of fused-ring (bicyclic) bond motifs is 1. The molecule has 0 fully saturated rings. The third-order valence-electron chi connectivity index (χ3n) is 2.43. The van der Waals surface area contributed by atoms with Crippen molar-refractivity contribution in [3.63, 3.8) is 0 Å². The maximum absolute atomic E-state index is 11.6. The lowest BCUT2D eigenvalue weighted by molar-refractivity contribution is 0.0695. The summed E-state index contributed by atoms with van der Waals surface area (Å²) in [5.74, 6) is -1.10. The quantitative estimate of drug-likeness (QED) is 0.786. The van der Waals surface area contributed by atoms with Gasteiger partial charge >= 0.3 is 5.97 Å². The lowest BCUT2D eigenvalue weighted by Crippen LogP contribution is -2.12. The van der Waals surface area contributed by atoms with Gasteiger partial charge in [-0.1, -0.05) is 13.8 Å². The molecular formula is C10H11N3O3. The normalized spacial score (nSPS) is 11.2. The van der Waals surface area contributed by atoms with Crippen LogP contribution in [0.1, 0.15) is 35.7 Å². The Morgan fingerprint density at radius 3 is 2.81 bits per heavy atom. The van der Waals surface area contributed by atoms with Gasteiger partial charge in [0.15, 0.2) is 0 Å². The highest BCUT2D eigenvalue weighted by atomic mass is 16.4. The van der Waals surface area contributed by atoms with E-state index >= 15 is 0 Å². The minimum absolute atomic E-state index is 0.0543. The molecule has 0 saturated heterocycles. The molecule has 6 heteroatoms. The van der Waals surface area contributed by atoms with E-state index in [9.17, 15) is 9.59 Å². The van der Waals surface area contributed by atoms with Gasteiger partial charge in [0, 0.05) is 11.8 Å². The van der Waals surface area contributed by atoms with Crippen LogP contribution in [-0.4, -0.2) is 25.7 Å². The maximum Gasteiger partial charge on any atom is 0.337 e. The summed E-state index contributed by atoms with van der Waals surface area (Å²) < 4.78 is 1.30. The SMILES string of the molecule is CC(C)c1c(C(=O)O)cn2nc[nH]c(=O)c12. The summed E-state index contributed by atoms with van der Waals surface area (Å²) in [6, 6.07) is 0. The third kappa shape index (κ3) is 1.39. The molecule has 2 rings (SSSR count). The Kier molecular flexibility index (Phi) is 2.26. The Hall–Kier alpha value is -2.11. The first-order valence-corrected chi connectivity index (χ1v) is 4.84. The van der Waals surface area contributed by atoms with Crippen LogP contribution in [0.2, 0.25) is 0 Å². The molecule has 0 radical (unpaired) electrons. The van der Waals surface area contributed by atoms with Crippen LogP contribution in [-0.2, 0) is 0 Å². The maximum atomic E-state index is 11.6. The Morgan fingerprint density at radius 1 is 1.56 bits per heavy atom. The second-order valence-electron chi connectivity index (χ2n) is 3.83. The summed E-state index contributed by atoms with van der Waals surface area (Å²) >= 11 is 0. The number of carboxylic acid groups (broad SMARTS) is 1. The van der Waals surface area contributed by atoms with E-state index in [1.54, 1.807) is 0 Å². The van der Waals surface area contributed by atoms with E-state index in [1.807, 2.05) is 13.8 Å². The van der Waals surface area contributed by atoms with Crippen molar-refractivity contribution in [2.75, 3.05) is 0 Å². The first kappa shape index (κ1) is 10.4. The topological polar surface area (TPSA) is 87.5 Å². The molecule has 2 N–H and O–H groups in total. The number of nitrogens with one attached hydrogen (secondary N) is 1. The van der Waals surface area contributed by atoms with Crippen molar-refractivity contribution in [1.29, 1.82) is 0 Å². The van der Waals surface area contributed by atoms with E-state index in [4.69, 9.17) is 5.11 Å². The number of aromatic amines is 1. The highest BCUT2D eigenvalue weighted by molar-refractivity contribution is 5.92. The van der Waals surface area contributed by atoms with Crippen LogP contribution < -0.4 is 5.56 Å². The van der Waals surface area contributed by atoms with Gasteiger partial charge in [-0.05, 0) is 5.92 Å². The summed E-state index contributed by atoms with van der Waals surface area (Å²) in [5, 5.41) is 12.9. The van der Waals surface area contributed by atoms with Crippen molar-refractivity contribution in [3.05, 3.63) is 34.0 Å². The summed E-state index contributed by atoms with van der Waals surface area (Å²) in [6.07, 6.45) is 2.60. The van der Waals surface area contributed by atoms with Gasteiger partial charge in [0.05, 0.1) is 5.56 Å².